The van der Waals surface area contributed by atoms with Crippen molar-refractivity contribution in [1.82, 2.24) is 10.2 Å². The fourth-order valence-electron chi connectivity index (χ4n) is 2.69. The van der Waals surface area contributed by atoms with E-state index in [9.17, 15) is 22.8 Å². The maximum Gasteiger partial charge on any atom is 0.418 e. The molecule has 1 fully saturated rings. The Kier molecular flexibility index (Phi) is 5.36. The lowest BCUT2D eigenvalue weighted by molar-refractivity contribution is -0.137. The summed E-state index contributed by atoms with van der Waals surface area (Å²) in [6, 6.07) is 3.33. The minimum atomic E-state index is -4.57. The fourth-order valence-corrected chi connectivity index (χ4v) is 2.69. The highest BCUT2D eigenvalue weighted by Crippen LogP contribution is 2.34. The molecule has 1 aliphatic heterocycles. The molecule has 24 heavy (non-hydrogen) atoms. The van der Waals surface area contributed by atoms with Crippen LogP contribution in [0.2, 0.25) is 0 Å². The highest BCUT2D eigenvalue weighted by molar-refractivity contribution is 5.94. The van der Waals surface area contributed by atoms with E-state index in [-0.39, 0.29) is 17.6 Å². The van der Waals surface area contributed by atoms with Crippen molar-refractivity contribution in [3.8, 4) is 0 Å². The van der Waals surface area contributed by atoms with Crippen LogP contribution in [0, 0.1) is 0 Å². The molecule has 0 bridgehead atoms. The molecule has 1 atom stereocenters. The molecule has 1 heterocycles. The van der Waals surface area contributed by atoms with Gasteiger partial charge < -0.3 is 15.5 Å². The van der Waals surface area contributed by atoms with Gasteiger partial charge in [-0.25, -0.2) is 4.79 Å². The number of benzene rings is 1. The standard InChI is InChI=1S/C16H20F3N3O2/c1-10(2)20-14(23)13-8-5-9-22(13)15(24)21-12-7-4-3-6-11(12)16(17,18)19/h3-4,6-7,10,13H,5,8-9H2,1-2H3,(H,20,23)(H,21,24). The minimum absolute atomic E-state index is 0.0750. The van der Waals surface area contributed by atoms with Gasteiger partial charge in [-0.1, -0.05) is 12.1 Å². The monoisotopic (exact) mass is 343 g/mol. The summed E-state index contributed by atoms with van der Waals surface area (Å²) in [5, 5.41) is 5.01. The van der Waals surface area contributed by atoms with Gasteiger partial charge in [0.1, 0.15) is 6.04 Å². The molecule has 8 heteroatoms. The number of carbonyl (C=O) groups is 2. The average Bonchev–Trinajstić information content (AvgIpc) is 2.95. The Labute approximate surface area is 138 Å². The van der Waals surface area contributed by atoms with Crippen LogP contribution < -0.4 is 10.6 Å². The van der Waals surface area contributed by atoms with E-state index >= 15 is 0 Å². The summed E-state index contributed by atoms with van der Waals surface area (Å²) in [4.78, 5) is 25.8. The molecule has 1 unspecified atom stereocenters. The molecule has 5 nitrogen and oxygen atoms in total. The molecule has 3 amide bonds. The number of rotatable bonds is 3. The van der Waals surface area contributed by atoms with Crippen LogP contribution in [0.15, 0.2) is 24.3 Å². The molecule has 1 aromatic carbocycles. The van der Waals surface area contributed by atoms with Gasteiger partial charge >= 0.3 is 12.2 Å². The Hall–Kier alpha value is -2.25. The Morgan fingerprint density at radius 2 is 1.92 bits per heavy atom. The summed E-state index contributed by atoms with van der Waals surface area (Å²) in [5.74, 6) is -0.290. The quantitative estimate of drug-likeness (QED) is 0.885. The number of anilines is 1. The van der Waals surface area contributed by atoms with E-state index in [2.05, 4.69) is 10.6 Å². The smallest absolute Gasteiger partial charge is 0.352 e. The zero-order valence-corrected chi connectivity index (χ0v) is 13.5. The molecule has 0 aromatic heterocycles. The van der Waals surface area contributed by atoms with Gasteiger partial charge in [0.05, 0.1) is 11.3 Å². The normalized spacial score (nSPS) is 17.9. The summed E-state index contributed by atoms with van der Waals surface area (Å²) in [6.45, 7) is 3.93. The van der Waals surface area contributed by atoms with Crippen molar-refractivity contribution in [2.45, 2.75) is 44.9 Å². The zero-order chi connectivity index (χ0) is 17.9. The Balaban J connectivity index is 2.14. The summed E-state index contributed by atoms with van der Waals surface area (Å²) in [6.07, 6.45) is -3.44. The lowest BCUT2D eigenvalue weighted by atomic mass is 10.1. The van der Waals surface area contributed by atoms with Crippen LogP contribution in [-0.4, -0.2) is 35.5 Å². The summed E-state index contributed by atoms with van der Waals surface area (Å²) >= 11 is 0. The molecule has 1 aliphatic rings. The topological polar surface area (TPSA) is 61.4 Å². The van der Waals surface area contributed by atoms with E-state index in [1.807, 2.05) is 0 Å². The molecule has 2 N–H and O–H groups in total. The van der Waals surface area contributed by atoms with Gasteiger partial charge in [-0.2, -0.15) is 13.2 Å². The number of para-hydroxylation sites is 1. The van der Waals surface area contributed by atoms with Crippen molar-refractivity contribution >= 4 is 17.6 Å². The first kappa shape index (κ1) is 18.1. The van der Waals surface area contributed by atoms with Gasteiger partial charge in [0.15, 0.2) is 0 Å². The van der Waals surface area contributed by atoms with Gasteiger partial charge in [0.25, 0.3) is 0 Å². The van der Waals surface area contributed by atoms with Gasteiger partial charge in [-0.3, -0.25) is 4.79 Å². The molecule has 0 saturated carbocycles. The number of hydrogen-bond acceptors (Lipinski definition) is 2. The number of carbonyl (C=O) groups excluding carboxylic acids is 2. The van der Waals surface area contributed by atoms with E-state index in [0.717, 1.165) is 6.07 Å². The van der Waals surface area contributed by atoms with Crippen LogP contribution in [0.5, 0.6) is 0 Å². The third kappa shape index (κ3) is 4.18. The highest BCUT2D eigenvalue weighted by atomic mass is 19.4. The van der Waals surface area contributed by atoms with Gasteiger partial charge in [-0.05, 0) is 38.8 Å². The maximum atomic E-state index is 13.0. The summed E-state index contributed by atoms with van der Waals surface area (Å²) in [7, 11) is 0. The molecule has 0 aliphatic carbocycles. The van der Waals surface area contributed by atoms with Crippen molar-refractivity contribution in [2.24, 2.45) is 0 Å². The Bertz CT molecular complexity index is 617. The van der Waals surface area contributed by atoms with Crippen LogP contribution in [0.4, 0.5) is 23.7 Å². The number of nitrogens with zero attached hydrogens (tertiary/aromatic N) is 1. The van der Waals surface area contributed by atoms with Crippen molar-refractivity contribution in [2.75, 3.05) is 11.9 Å². The summed E-state index contributed by atoms with van der Waals surface area (Å²) in [5.41, 5.74) is -1.23. The van der Waals surface area contributed by atoms with Crippen LogP contribution in [0.1, 0.15) is 32.3 Å². The van der Waals surface area contributed by atoms with Crippen LogP contribution >= 0.6 is 0 Å². The second kappa shape index (κ2) is 7.11. The largest absolute Gasteiger partial charge is 0.418 e. The molecular weight excluding hydrogens is 323 g/mol. The minimum Gasteiger partial charge on any atom is -0.352 e. The molecule has 1 saturated heterocycles. The first-order valence-electron chi connectivity index (χ1n) is 7.74. The zero-order valence-electron chi connectivity index (χ0n) is 13.5. The fraction of sp³-hybridized carbons (Fsp3) is 0.500. The lowest BCUT2D eigenvalue weighted by Gasteiger charge is -2.25. The third-order valence-corrected chi connectivity index (χ3v) is 3.72. The third-order valence-electron chi connectivity index (χ3n) is 3.72. The predicted octanol–water partition coefficient (Wildman–Crippen LogP) is 3.23. The van der Waals surface area contributed by atoms with E-state index in [0.29, 0.717) is 19.4 Å². The molecular formula is C16H20F3N3O2. The summed E-state index contributed by atoms with van der Waals surface area (Å²) < 4.78 is 39.0. The predicted molar refractivity (Wildman–Crippen MR) is 83.5 cm³/mol. The second-order valence-electron chi connectivity index (χ2n) is 5.99. The number of halogens is 3. The van der Waals surface area contributed by atoms with E-state index in [1.54, 1.807) is 13.8 Å². The number of amides is 3. The average molecular weight is 343 g/mol. The maximum absolute atomic E-state index is 13.0. The van der Waals surface area contributed by atoms with Crippen molar-refractivity contribution in [1.29, 1.82) is 0 Å². The van der Waals surface area contributed by atoms with Crippen molar-refractivity contribution in [3.63, 3.8) is 0 Å². The van der Waals surface area contributed by atoms with Crippen molar-refractivity contribution < 1.29 is 22.8 Å². The van der Waals surface area contributed by atoms with E-state index < -0.39 is 23.8 Å². The van der Waals surface area contributed by atoms with Crippen LogP contribution in [0.25, 0.3) is 0 Å². The van der Waals surface area contributed by atoms with E-state index in [1.165, 1.54) is 23.1 Å². The first-order chi connectivity index (χ1) is 11.2. The molecule has 0 spiro atoms. The number of alkyl halides is 3. The Morgan fingerprint density at radius 3 is 2.54 bits per heavy atom. The Morgan fingerprint density at radius 1 is 1.25 bits per heavy atom. The highest BCUT2D eigenvalue weighted by Gasteiger charge is 2.37. The van der Waals surface area contributed by atoms with Gasteiger partial charge in [0.2, 0.25) is 5.91 Å². The SMILES string of the molecule is CC(C)NC(=O)C1CCCN1C(=O)Nc1ccccc1C(F)(F)F. The van der Waals surface area contributed by atoms with Gasteiger partial charge in [-0.15, -0.1) is 0 Å². The van der Waals surface area contributed by atoms with Crippen LogP contribution in [0.3, 0.4) is 0 Å². The molecule has 132 valence electrons. The lowest BCUT2D eigenvalue weighted by Crippen LogP contribution is -2.49. The second-order valence-corrected chi connectivity index (χ2v) is 5.99. The molecule has 1 aromatic rings. The number of nitrogens with one attached hydrogen (secondary N) is 2. The first-order valence-corrected chi connectivity index (χ1v) is 7.74. The van der Waals surface area contributed by atoms with Crippen LogP contribution in [-0.2, 0) is 11.0 Å². The van der Waals surface area contributed by atoms with Gasteiger partial charge in [0, 0.05) is 12.6 Å². The molecule has 0 radical (unpaired) electrons. The number of hydrogen-bond donors (Lipinski definition) is 2. The molecule has 2 rings (SSSR count). The van der Waals surface area contributed by atoms with Crippen molar-refractivity contribution in [3.05, 3.63) is 29.8 Å². The van der Waals surface area contributed by atoms with E-state index in [4.69, 9.17) is 0 Å². The number of urea groups is 1. The number of likely N-dealkylation sites (tertiary alicyclic amines) is 1.